The first-order valence-electron chi connectivity index (χ1n) is 5.04. The fraction of sp³-hybridized carbons (Fsp3) is 0.182. The van der Waals surface area contributed by atoms with E-state index in [0.717, 1.165) is 6.07 Å². The van der Waals surface area contributed by atoms with Crippen LogP contribution in [0.25, 0.3) is 0 Å². The van der Waals surface area contributed by atoms with Crippen molar-refractivity contribution in [1.82, 2.24) is 4.98 Å². The highest BCUT2D eigenvalue weighted by Gasteiger charge is 2.34. The normalized spacial score (nSPS) is 11.6. The molecule has 0 spiro atoms. The molecule has 0 aliphatic carbocycles. The van der Waals surface area contributed by atoms with Crippen molar-refractivity contribution in [2.75, 3.05) is 5.32 Å². The molecule has 0 bridgehead atoms. The number of alkyl halides is 4. The molecule has 0 aliphatic rings. The van der Waals surface area contributed by atoms with Crippen molar-refractivity contribution in [2.45, 2.75) is 12.1 Å². The second-order valence-corrected chi connectivity index (χ2v) is 5.15. The third kappa shape index (κ3) is 3.52. The van der Waals surface area contributed by atoms with E-state index in [1.807, 2.05) is 0 Å². The third-order valence-electron chi connectivity index (χ3n) is 2.22. The zero-order valence-corrected chi connectivity index (χ0v) is 11.6. The van der Waals surface area contributed by atoms with E-state index >= 15 is 0 Å². The number of hydrogen-bond acceptors (Lipinski definition) is 3. The van der Waals surface area contributed by atoms with Crippen LogP contribution in [0.4, 0.5) is 24.0 Å². The van der Waals surface area contributed by atoms with Crippen molar-refractivity contribution in [3.05, 3.63) is 39.9 Å². The molecule has 1 N–H and O–H groups in total. The summed E-state index contributed by atoms with van der Waals surface area (Å²) in [6.07, 6.45) is -4.49. The molecule has 2 nitrogen and oxygen atoms in total. The summed E-state index contributed by atoms with van der Waals surface area (Å²) in [6.45, 7) is 0. The average Bonchev–Trinajstić information content (AvgIpc) is 2.78. The van der Waals surface area contributed by atoms with Crippen molar-refractivity contribution in [2.24, 2.45) is 0 Å². The Hall–Kier alpha value is -0.980. The molecule has 102 valence electrons. The number of aromatic nitrogens is 1. The highest BCUT2D eigenvalue weighted by Crippen LogP contribution is 2.38. The second-order valence-electron chi connectivity index (χ2n) is 3.59. The number of benzene rings is 1. The van der Waals surface area contributed by atoms with Gasteiger partial charge in [0.2, 0.25) is 0 Å². The van der Waals surface area contributed by atoms with Crippen LogP contribution < -0.4 is 5.32 Å². The Balaban J connectivity index is 2.34. The molecule has 0 amide bonds. The van der Waals surface area contributed by atoms with Crippen LogP contribution in [0.1, 0.15) is 11.3 Å². The maximum atomic E-state index is 12.9. The van der Waals surface area contributed by atoms with Gasteiger partial charge in [0, 0.05) is 10.4 Å². The third-order valence-corrected chi connectivity index (χ3v) is 3.53. The van der Waals surface area contributed by atoms with E-state index in [2.05, 4.69) is 10.3 Å². The van der Waals surface area contributed by atoms with Crippen LogP contribution in [0.15, 0.2) is 23.6 Å². The second kappa shape index (κ2) is 5.56. The van der Waals surface area contributed by atoms with Gasteiger partial charge in [0.15, 0.2) is 5.13 Å². The molecule has 19 heavy (non-hydrogen) atoms. The maximum Gasteiger partial charge on any atom is 0.418 e. The lowest BCUT2D eigenvalue weighted by atomic mass is 10.1. The molecule has 2 aromatic rings. The highest BCUT2D eigenvalue weighted by atomic mass is 35.5. The Labute approximate surface area is 121 Å². The minimum Gasteiger partial charge on any atom is -0.331 e. The quantitative estimate of drug-likeness (QED) is 0.774. The molecular formula is C11H7Cl2F3N2S. The van der Waals surface area contributed by atoms with Gasteiger partial charge in [0.1, 0.15) is 0 Å². The number of hydrogen-bond donors (Lipinski definition) is 1. The number of rotatable bonds is 3. The largest absolute Gasteiger partial charge is 0.418 e. The minimum atomic E-state index is -4.49. The van der Waals surface area contributed by atoms with Gasteiger partial charge in [-0.15, -0.1) is 22.9 Å². The summed E-state index contributed by atoms with van der Waals surface area (Å²) in [5.41, 5.74) is -0.313. The molecule has 1 heterocycles. The van der Waals surface area contributed by atoms with Gasteiger partial charge in [-0.2, -0.15) is 13.2 Å². The molecule has 0 unspecified atom stereocenters. The van der Waals surface area contributed by atoms with Crippen LogP contribution in [0.2, 0.25) is 5.02 Å². The van der Waals surface area contributed by atoms with Crippen molar-refractivity contribution in [3.8, 4) is 0 Å². The molecule has 0 fully saturated rings. The van der Waals surface area contributed by atoms with Crippen molar-refractivity contribution >= 4 is 45.4 Å². The smallest absolute Gasteiger partial charge is 0.331 e. The molecule has 1 aromatic carbocycles. The summed E-state index contributed by atoms with van der Waals surface area (Å²) in [5.74, 6) is 0.213. The fourth-order valence-corrected chi connectivity index (χ4v) is 2.52. The summed E-state index contributed by atoms with van der Waals surface area (Å²) >= 11 is 12.4. The van der Waals surface area contributed by atoms with Gasteiger partial charge in [0.05, 0.1) is 22.8 Å². The molecule has 8 heteroatoms. The molecule has 2 rings (SSSR count). The van der Waals surface area contributed by atoms with Crippen molar-refractivity contribution < 1.29 is 13.2 Å². The molecule has 0 saturated heterocycles. The van der Waals surface area contributed by atoms with Gasteiger partial charge in [-0.1, -0.05) is 11.6 Å². The van der Waals surface area contributed by atoms with Crippen LogP contribution >= 0.6 is 34.5 Å². The van der Waals surface area contributed by atoms with E-state index in [0.29, 0.717) is 10.8 Å². The summed E-state index contributed by atoms with van der Waals surface area (Å²) < 4.78 is 38.6. The zero-order valence-electron chi connectivity index (χ0n) is 9.26. The van der Waals surface area contributed by atoms with Gasteiger partial charge in [-0.05, 0) is 18.2 Å². The summed E-state index contributed by atoms with van der Waals surface area (Å²) in [7, 11) is 0. The van der Waals surface area contributed by atoms with E-state index < -0.39 is 11.7 Å². The van der Waals surface area contributed by atoms with Gasteiger partial charge >= 0.3 is 6.18 Å². The Kier molecular flexibility index (Phi) is 4.23. The predicted octanol–water partition coefficient (Wildman–Crippen LogP) is 5.30. The van der Waals surface area contributed by atoms with E-state index in [9.17, 15) is 13.2 Å². The van der Waals surface area contributed by atoms with E-state index in [1.54, 1.807) is 5.38 Å². The Bertz CT molecular complexity index is 584. The summed E-state index contributed by atoms with van der Waals surface area (Å²) in [4.78, 5) is 4.04. The Morgan fingerprint density at radius 1 is 1.32 bits per heavy atom. The Morgan fingerprint density at radius 3 is 2.63 bits per heavy atom. The fourth-order valence-electron chi connectivity index (χ4n) is 1.40. The highest BCUT2D eigenvalue weighted by molar-refractivity contribution is 7.13. The number of anilines is 2. The zero-order chi connectivity index (χ0) is 14.0. The summed E-state index contributed by atoms with van der Waals surface area (Å²) in [6, 6.07) is 3.53. The number of halogens is 5. The van der Waals surface area contributed by atoms with Crippen LogP contribution in [0.5, 0.6) is 0 Å². The van der Waals surface area contributed by atoms with Crippen molar-refractivity contribution in [3.63, 3.8) is 0 Å². The minimum absolute atomic E-state index is 0.0264. The average molecular weight is 327 g/mol. The topological polar surface area (TPSA) is 24.9 Å². The van der Waals surface area contributed by atoms with Crippen LogP contribution in [-0.4, -0.2) is 4.98 Å². The number of thiazole rings is 1. The molecule has 0 aliphatic heterocycles. The molecule has 1 aromatic heterocycles. The van der Waals surface area contributed by atoms with Gasteiger partial charge < -0.3 is 5.32 Å². The van der Waals surface area contributed by atoms with Gasteiger partial charge in [-0.25, -0.2) is 4.98 Å². The maximum absolute atomic E-state index is 12.9. The number of nitrogens with zero attached hydrogens (tertiary/aromatic N) is 1. The Morgan fingerprint density at radius 2 is 2.05 bits per heavy atom. The molecule has 0 radical (unpaired) electrons. The van der Waals surface area contributed by atoms with E-state index in [-0.39, 0.29) is 16.6 Å². The van der Waals surface area contributed by atoms with Crippen LogP contribution in [-0.2, 0) is 12.1 Å². The monoisotopic (exact) mass is 326 g/mol. The standard InChI is InChI=1S/C11H7Cl2F3N2S/c12-4-7-5-19-10(17-7)18-9-2-1-6(13)3-8(9)11(14,15)16/h1-3,5H,4H2,(H,17,18). The molecule has 0 atom stereocenters. The SMILES string of the molecule is FC(F)(F)c1cc(Cl)ccc1Nc1nc(CCl)cs1. The van der Waals surface area contributed by atoms with Crippen LogP contribution in [0.3, 0.4) is 0 Å². The number of nitrogens with one attached hydrogen (secondary N) is 1. The first kappa shape index (κ1) is 14.4. The van der Waals surface area contributed by atoms with Gasteiger partial charge in [0.25, 0.3) is 0 Å². The predicted molar refractivity (Wildman–Crippen MR) is 71.4 cm³/mol. The lowest BCUT2D eigenvalue weighted by Crippen LogP contribution is -2.08. The lowest BCUT2D eigenvalue weighted by molar-refractivity contribution is -0.136. The molecule has 0 saturated carbocycles. The van der Waals surface area contributed by atoms with Crippen molar-refractivity contribution in [1.29, 1.82) is 0 Å². The molecular weight excluding hydrogens is 320 g/mol. The van der Waals surface area contributed by atoms with E-state index in [1.165, 1.54) is 23.5 Å². The lowest BCUT2D eigenvalue weighted by Gasteiger charge is -2.13. The van der Waals surface area contributed by atoms with Gasteiger partial charge in [-0.3, -0.25) is 0 Å². The first-order valence-corrected chi connectivity index (χ1v) is 6.83. The summed E-state index contributed by atoms with van der Waals surface area (Å²) in [5, 5.41) is 4.69. The van der Waals surface area contributed by atoms with Crippen LogP contribution in [0, 0.1) is 0 Å². The van der Waals surface area contributed by atoms with E-state index in [4.69, 9.17) is 23.2 Å². The first-order chi connectivity index (χ1) is 8.90.